The van der Waals surface area contributed by atoms with Gasteiger partial charge >= 0.3 is 0 Å². The number of carbonyl (C=O) groups is 1. The van der Waals surface area contributed by atoms with Gasteiger partial charge in [0.15, 0.2) is 0 Å². The summed E-state index contributed by atoms with van der Waals surface area (Å²) in [6, 6.07) is 20.4. The van der Waals surface area contributed by atoms with Crippen LogP contribution < -0.4 is 9.62 Å². The zero-order valence-corrected chi connectivity index (χ0v) is 18.4. The third-order valence-corrected chi connectivity index (χ3v) is 6.75. The summed E-state index contributed by atoms with van der Waals surface area (Å²) in [5, 5.41) is 3.25. The van der Waals surface area contributed by atoms with Crippen LogP contribution in [0.1, 0.15) is 18.1 Å². The van der Waals surface area contributed by atoms with Gasteiger partial charge in [0, 0.05) is 10.7 Å². The summed E-state index contributed by atoms with van der Waals surface area (Å²) in [6.07, 6.45) is 0.834. The number of halogens is 1. The van der Waals surface area contributed by atoms with Gasteiger partial charge in [-0.25, -0.2) is 8.42 Å². The molecule has 0 spiro atoms. The van der Waals surface area contributed by atoms with Crippen LogP contribution in [-0.2, 0) is 21.2 Å². The molecule has 0 aliphatic carbocycles. The number of nitrogens with one attached hydrogen (secondary N) is 1. The van der Waals surface area contributed by atoms with Crippen LogP contribution >= 0.6 is 11.6 Å². The Balaban J connectivity index is 1.94. The second-order valence-corrected chi connectivity index (χ2v) is 9.15. The molecule has 0 aliphatic rings. The predicted molar refractivity (Wildman–Crippen MR) is 122 cm³/mol. The van der Waals surface area contributed by atoms with Gasteiger partial charge in [-0.3, -0.25) is 9.10 Å². The third-order valence-electron chi connectivity index (χ3n) is 4.72. The maximum Gasteiger partial charge on any atom is 0.264 e. The number of anilines is 2. The van der Waals surface area contributed by atoms with Crippen molar-refractivity contribution in [3.8, 4) is 0 Å². The van der Waals surface area contributed by atoms with Gasteiger partial charge in [-0.05, 0) is 60.9 Å². The summed E-state index contributed by atoms with van der Waals surface area (Å²) in [4.78, 5) is 12.9. The fourth-order valence-corrected chi connectivity index (χ4v) is 4.60. The largest absolute Gasteiger partial charge is 0.324 e. The highest BCUT2D eigenvalue weighted by Gasteiger charge is 2.27. The van der Waals surface area contributed by atoms with Crippen LogP contribution in [0.2, 0.25) is 5.02 Å². The Hall–Kier alpha value is -2.83. The van der Waals surface area contributed by atoms with E-state index in [0.29, 0.717) is 16.4 Å². The minimum Gasteiger partial charge on any atom is -0.324 e. The van der Waals surface area contributed by atoms with E-state index in [1.54, 1.807) is 48.5 Å². The van der Waals surface area contributed by atoms with Crippen molar-refractivity contribution in [2.24, 2.45) is 0 Å². The van der Waals surface area contributed by atoms with Crippen LogP contribution in [0.25, 0.3) is 0 Å². The van der Waals surface area contributed by atoms with E-state index < -0.39 is 15.9 Å². The second-order valence-electron chi connectivity index (χ2n) is 6.85. The Bertz CT molecular complexity index is 1130. The molecule has 0 atom stereocenters. The van der Waals surface area contributed by atoms with E-state index in [0.717, 1.165) is 21.9 Å². The molecule has 3 rings (SSSR count). The molecule has 3 aromatic rings. The Morgan fingerprint density at radius 1 is 1.00 bits per heavy atom. The molecule has 7 heteroatoms. The molecule has 0 fully saturated rings. The zero-order chi connectivity index (χ0) is 21.7. The summed E-state index contributed by atoms with van der Waals surface area (Å²) in [7, 11) is -3.93. The van der Waals surface area contributed by atoms with Crippen molar-refractivity contribution < 1.29 is 13.2 Å². The highest BCUT2D eigenvalue weighted by Crippen LogP contribution is 2.25. The Kier molecular flexibility index (Phi) is 6.80. The van der Waals surface area contributed by atoms with Gasteiger partial charge in [0.2, 0.25) is 5.91 Å². The van der Waals surface area contributed by atoms with Crippen molar-refractivity contribution in [2.45, 2.75) is 25.2 Å². The van der Waals surface area contributed by atoms with E-state index in [9.17, 15) is 13.2 Å². The normalized spacial score (nSPS) is 11.2. The standard InChI is InChI=1S/C23H23ClN2O3S/c1-3-18-10-13-20(14-11-18)26(30(28,29)21-7-5-4-6-8-21)16-23(27)25-22-15-19(24)12-9-17(22)2/h4-15H,3,16H2,1-2H3,(H,25,27). The molecular formula is C23H23ClN2O3S. The highest BCUT2D eigenvalue weighted by atomic mass is 35.5. The molecule has 0 saturated carbocycles. The molecule has 0 bridgehead atoms. The summed E-state index contributed by atoms with van der Waals surface area (Å²) in [5.41, 5.74) is 2.88. The first-order valence-electron chi connectivity index (χ1n) is 9.54. The Morgan fingerprint density at radius 2 is 1.67 bits per heavy atom. The highest BCUT2D eigenvalue weighted by molar-refractivity contribution is 7.92. The molecule has 5 nitrogen and oxygen atoms in total. The lowest BCUT2D eigenvalue weighted by Gasteiger charge is -2.24. The molecule has 1 amide bonds. The quantitative estimate of drug-likeness (QED) is 0.557. The molecule has 0 heterocycles. The minimum absolute atomic E-state index is 0.122. The van der Waals surface area contributed by atoms with E-state index in [4.69, 9.17) is 11.6 Å². The summed E-state index contributed by atoms with van der Waals surface area (Å²) < 4.78 is 27.8. The van der Waals surface area contributed by atoms with E-state index in [1.165, 1.54) is 12.1 Å². The summed E-state index contributed by atoms with van der Waals surface area (Å²) in [5.74, 6) is -0.459. The van der Waals surface area contributed by atoms with Crippen LogP contribution in [0.4, 0.5) is 11.4 Å². The number of aryl methyl sites for hydroxylation is 2. The zero-order valence-electron chi connectivity index (χ0n) is 16.8. The third kappa shape index (κ3) is 5.01. The van der Waals surface area contributed by atoms with Gasteiger partial charge < -0.3 is 5.32 Å². The van der Waals surface area contributed by atoms with Gasteiger partial charge in [-0.15, -0.1) is 0 Å². The van der Waals surface area contributed by atoms with E-state index in [2.05, 4.69) is 5.32 Å². The minimum atomic E-state index is -3.93. The monoisotopic (exact) mass is 442 g/mol. The van der Waals surface area contributed by atoms with Crippen LogP contribution in [0.5, 0.6) is 0 Å². The average Bonchev–Trinajstić information content (AvgIpc) is 2.75. The van der Waals surface area contributed by atoms with Crippen molar-refractivity contribution in [1.29, 1.82) is 0 Å². The first kappa shape index (κ1) is 21.9. The van der Waals surface area contributed by atoms with Gasteiger partial charge in [0.1, 0.15) is 6.54 Å². The second kappa shape index (κ2) is 9.32. The number of rotatable bonds is 7. The molecule has 156 valence electrons. The van der Waals surface area contributed by atoms with E-state index >= 15 is 0 Å². The fourth-order valence-electron chi connectivity index (χ4n) is 2.98. The lowest BCUT2D eigenvalue weighted by Crippen LogP contribution is -2.38. The Morgan fingerprint density at radius 3 is 2.30 bits per heavy atom. The van der Waals surface area contributed by atoms with Crippen LogP contribution in [-0.4, -0.2) is 20.9 Å². The molecule has 3 aromatic carbocycles. The number of hydrogen-bond acceptors (Lipinski definition) is 3. The van der Waals surface area contributed by atoms with Gasteiger partial charge in [-0.2, -0.15) is 0 Å². The van der Waals surface area contributed by atoms with Gasteiger partial charge in [0.05, 0.1) is 10.6 Å². The first-order valence-corrected chi connectivity index (χ1v) is 11.4. The van der Waals surface area contributed by atoms with Crippen molar-refractivity contribution in [2.75, 3.05) is 16.2 Å². The molecule has 0 radical (unpaired) electrons. The van der Waals surface area contributed by atoms with E-state index in [-0.39, 0.29) is 11.4 Å². The SMILES string of the molecule is CCc1ccc(N(CC(=O)Nc2cc(Cl)ccc2C)S(=O)(=O)c2ccccc2)cc1. The summed E-state index contributed by atoms with van der Waals surface area (Å²) in [6.45, 7) is 3.50. The topological polar surface area (TPSA) is 66.5 Å². The lowest BCUT2D eigenvalue weighted by molar-refractivity contribution is -0.114. The molecule has 0 unspecified atom stereocenters. The maximum atomic E-state index is 13.3. The number of amides is 1. The molecule has 0 aromatic heterocycles. The number of hydrogen-bond donors (Lipinski definition) is 1. The summed E-state index contributed by atoms with van der Waals surface area (Å²) >= 11 is 6.03. The van der Waals surface area contributed by atoms with E-state index in [1.807, 2.05) is 26.0 Å². The van der Waals surface area contributed by atoms with Gasteiger partial charge in [-0.1, -0.05) is 54.9 Å². The van der Waals surface area contributed by atoms with Gasteiger partial charge in [0.25, 0.3) is 10.0 Å². The molecule has 1 N–H and O–H groups in total. The van der Waals surface area contributed by atoms with Crippen molar-refractivity contribution in [3.63, 3.8) is 0 Å². The molecule has 30 heavy (non-hydrogen) atoms. The van der Waals surface area contributed by atoms with Crippen molar-refractivity contribution >= 4 is 38.9 Å². The average molecular weight is 443 g/mol. The van der Waals surface area contributed by atoms with Crippen molar-refractivity contribution in [1.82, 2.24) is 0 Å². The maximum absolute atomic E-state index is 13.3. The lowest BCUT2D eigenvalue weighted by atomic mass is 10.1. The van der Waals surface area contributed by atoms with Crippen molar-refractivity contribution in [3.05, 3.63) is 88.9 Å². The van der Waals surface area contributed by atoms with Crippen LogP contribution in [0, 0.1) is 6.92 Å². The fraction of sp³-hybridized carbons (Fsp3) is 0.174. The number of sulfonamides is 1. The smallest absolute Gasteiger partial charge is 0.264 e. The molecular weight excluding hydrogens is 420 g/mol. The first-order chi connectivity index (χ1) is 14.3. The van der Waals surface area contributed by atoms with Crippen LogP contribution in [0.15, 0.2) is 77.7 Å². The number of nitrogens with zero attached hydrogens (tertiary/aromatic N) is 1. The van der Waals surface area contributed by atoms with Crippen LogP contribution in [0.3, 0.4) is 0 Å². The number of carbonyl (C=O) groups excluding carboxylic acids is 1. The Labute approximate surface area is 182 Å². The number of benzene rings is 3. The predicted octanol–water partition coefficient (Wildman–Crippen LogP) is 5.04. The molecule has 0 saturated heterocycles. The molecule has 0 aliphatic heterocycles.